The monoisotopic (exact) mass is 336 g/mol. The first-order valence-corrected chi connectivity index (χ1v) is 6.69. The highest BCUT2D eigenvalue weighted by Crippen LogP contribution is 2.28. The summed E-state index contributed by atoms with van der Waals surface area (Å²) in [7, 11) is 2.93. The molecule has 1 rings (SSSR count). The number of urea groups is 1. The third-order valence-electron chi connectivity index (χ3n) is 2.67. The van der Waals surface area contributed by atoms with E-state index < -0.39 is 24.9 Å². The number of rotatable bonds is 7. The largest absolute Gasteiger partial charge is 0.497 e. The van der Waals surface area contributed by atoms with Crippen LogP contribution in [0.4, 0.5) is 23.7 Å². The molecule has 9 heteroatoms. The van der Waals surface area contributed by atoms with Crippen LogP contribution in [0.5, 0.6) is 11.5 Å². The van der Waals surface area contributed by atoms with E-state index in [-0.39, 0.29) is 6.61 Å². The van der Waals surface area contributed by atoms with Gasteiger partial charge in [-0.1, -0.05) is 0 Å². The zero-order chi connectivity index (χ0) is 17.5. The lowest BCUT2D eigenvalue weighted by molar-refractivity contribution is -0.174. The fraction of sp³-hybridized carbons (Fsp3) is 0.500. The molecule has 23 heavy (non-hydrogen) atoms. The van der Waals surface area contributed by atoms with Crippen molar-refractivity contribution in [1.29, 1.82) is 0 Å². The third kappa shape index (κ3) is 7.09. The molecule has 0 radical (unpaired) electrons. The summed E-state index contributed by atoms with van der Waals surface area (Å²) in [5.74, 6) is 0.946. The quantitative estimate of drug-likeness (QED) is 0.803. The predicted octanol–water partition coefficient (Wildman–Crippen LogP) is 2.79. The lowest BCUT2D eigenvalue weighted by atomic mass is 10.2. The molecule has 0 unspecified atom stereocenters. The standard InChI is InChI=1S/C14H19F3N2O4/c1-9(7-23-8-14(15,16)17)18-13(20)19-11-5-4-10(21-2)6-12(11)22-3/h4-6,9H,7-8H2,1-3H3,(H2,18,19,20)/t9-/m1/s1. The van der Waals surface area contributed by atoms with Gasteiger partial charge in [0.15, 0.2) is 0 Å². The zero-order valence-electron chi connectivity index (χ0n) is 13.0. The molecular formula is C14H19F3N2O4. The van der Waals surface area contributed by atoms with E-state index in [1.165, 1.54) is 21.1 Å². The van der Waals surface area contributed by atoms with Crippen molar-refractivity contribution >= 4 is 11.7 Å². The highest BCUT2D eigenvalue weighted by Gasteiger charge is 2.27. The Hall–Kier alpha value is -2.16. The number of anilines is 1. The van der Waals surface area contributed by atoms with Gasteiger partial charge in [-0.25, -0.2) is 4.79 Å². The van der Waals surface area contributed by atoms with E-state index in [4.69, 9.17) is 9.47 Å². The van der Waals surface area contributed by atoms with Crippen molar-refractivity contribution in [3.05, 3.63) is 18.2 Å². The second-order valence-corrected chi connectivity index (χ2v) is 4.70. The first kappa shape index (κ1) is 18.9. The fourth-order valence-electron chi connectivity index (χ4n) is 1.68. The van der Waals surface area contributed by atoms with Crippen molar-refractivity contribution in [3.63, 3.8) is 0 Å². The number of carbonyl (C=O) groups excluding carboxylic acids is 1. The average Bonchev–Trinajstić information content (AvgIpc) is 2.46. The number of halogens is 3. The smallest absolute Gasteiger partial charge is 0.411 e. The van der Waals surface area contributed by atoms with Crippen LogP contribution in [0.1, 0.15) is 6.92 Å². The van der Waals surface area contributed by atoms with Gasteiger partial charge in [0.05, 0.1) is 32.6 Å². The molecule has 1 aromatic carbocycles. The first-order valence-electron chi connectivity index (χ1n) is 6.69. The number of hydrogen-bond donors (Lipinski definition) is 2. The molecule has 130 valence electrons. The number of hydrogen-bond acceptors (Lipinski definition) is 4. The molecule has 0 spiro atoms. The van der Waals surface area contributed by atoms with Crippen molar-refractivity contribution in [2.75, 3.05) is 32.8 Å². The van der Waals surface area contributed by atoms with Gasteiger partial charge in [0.1, 0.15) is 18.1 Å². The molecule has 0 aliphatic heterocycles. The highest BCUT2D eigenvalue weighted by molar-refractivity contribution is 5.91. The molecule has 0 aromatic heterocycles. The van der Waals surface area contributed by atoms with E-state index in [1.54, 1.807) is 18.2 Å². The minimum atomic E-state index is -4.39. The van der Waals surface area contributed by atoms with Crippen molar-refractivity contribution in [2.24, 2.45) is 0 Å². The molecule has 2 amide bonds. The maximum Gasteiger partial charge on any atom is 0.411 e. The van der Waals surface area contributed by atoms with E-state index in [0.717, 1.165) is 0 Å². The number of methoxy groups -OCH3 is 2. The van der Waals surface area contributed by atoms with Crippen molar-refractivity contribution in [1.82, 2.24) is 5.32 Å². The van der Waals surface area contributed by atoms with Gasteiger partial charge >= 0.3 is 12.2 Å². The van der Waals surface area contributed by atoms with Gasteiger partial charge in [0.2, 0.25) is 0 Å². The maximum atomic E-state index is 12.0. The van der Waals surface area contributed by atoms with Crippen molar-refractivity contribution in [3.8, 4) is 11.5 Å². The summed E-state index contributed by atoms with van der Waals surface area (Å²) < 4.78 is 50.5. The molecule has 0 fully saturated rings. The maximum absolute atomic E-state index is 12.0. The number of benzene rings is 1. The highest BCUT2D eigenvalue weighted by atomic mass is 19.4. The Kier molecular flexibility index (Phi) is 6.95. The van der Waals surface area contributed by atoms with E-state index in [1.807, 2.05) is 0 Å². The minimum Gasteiger partial charge on any atom is -0.497 e. The second kappa shape index (κ2) is 8.47. The Balaban J connectivity index is 2.50. The van der Waals surface area contributed by atoms with E-state index in [0.29, 0.717) is 17.2 Å². The van der Waals surface area contributed by atoms with Crippen LogP contribution in [0.3, 0.4) is 0 Å². The van der Waals surface area contributed by atoms with Crippen molar-refractivity contribution in [2.45, 2.75) is 19.1 Å². The molecule has 0 aliphatic carbocycles. The van der Waals surface area contributed by atoms with Crippen LogP contribution < -0.4 is 20.1 Å². The summed E-state index contributed by atoms with van der Waals surface area (Å²) in [6.45, 7) is -0.0825. The Morgan fingerprint density at radius 3 is 2.52 bits per heavy atom. The van der Waals surface area contributed by atoms with Crippen LogP contribution in [0.25, 0.3) is 0 Å². The van der Waals surface area contributed by atoms with Crippen molar-refractivity contribution < 1.29 is 32.2 Å². The van der Waals surface area contributed by atoms with Gasteiger partial charge in [0, 0.05) is 6.07 Å². The predicted molar refractivity (Wildman–Crippen MR) is 78.0 cm³/mol. The second-order valence-electron chi connectivity index (χ2n) is 4.70. The summed E-state index contributed by atoms with van der Waals surface area (Å²) in [5, 5.41) is 5.01. The van der Waals surface area contributed by atoms with Gasteiger partial charge in [0.25, 0.3) is 0 Å². The van der Waals surface area contributed by atoms with Crippen LogP contribution in [-0.4, -0.2) is 45.7 Å². The number of alkyl halides is 3. The van der Waals surface area contributed by atoms with Gasteiger partial charge in [-0.15, -0.1) is 0 Å². The number of carbonyl (C=O) groups is 1. The molecule has 1 aromatic rings. The Labute approximate surface area is 131 Å². The molecule has 0 saturated heterocycles. The summed E-state index contributed by atoms with van der Waals surface area (Å²) in [5.41, 5.74) is 0.397. The molecule has 1 atom stereocenters. The summed E-state index contributed by atoms with van der Waals surface area (Å²) >= 11 is 0. The topological polar surface area (TPSA) is 68.8 Å². The average molecular weight is 336 g/mol. The fourth-order valence-corrected chi connectivity index (χ4v) is 1.68. The van der Waals surface area contributed by atoms with Crippen LogP contribution in [-0.2, 0) is 4.74 Å². The normalized spacial score (nSPS) is 12.4. The number of ether oxygens (including phenoxy) is 3. The lowest BCUT2D eigenvalue weighted by Crippen LogP contribution is -2.39. The van der Waals surface area contributed by atoms with Gasteiger partial charge in [-0.05, 0) is 19.1 Å². The zero-order valence-corrected chi connectivity index (χ0v) is 13.0. The lowest BCUT2D eigenvalue weighted by Gasteiger charge is -2.17. The van der Waals surface area contributed by atoms with E-state index in [2.05, 4.69) is 15.4 Å². The molecule has 6 nitrogen and oxygen atoms in total. The molecule has 0 heterocycles. The number of nitrogens with one attached hydrogen (secondary N) is 2. The van der Waals surface area contributed by atoms with Crippen LogP contribution in [0.2, 0.25) is 0 Å². The first-order chi connectivity index (χ1) is 10.7. The molecule has 0 bridgehead atoms. The molecule has 0 aliphatic rings. The number of amides is 2. The molecular weight excluding hydrogens is 317 g/mol. The van der Waals surface area contributed by atoms with Gasteiger partial charge in [-0.2, -0.15) is 13.2 Å². The van der Waals surface area contributed by atoms with Crippen LogP contribution in [0, 0.1) is 0 Å². The molecule has 0 saturated carbocycles. The Morgan fingerprint density at radius 2 is 1.96 bits per heavy atom. The summed E-state index contributed by atoms with van der Waals surface area (Å²) in [6.07, 6.45) is -4.39. The minimum absolute atomic E-state index is 0.257. The van der Waals surface area contributed by atoms with Crippen LogP contribution >= 0.6 is 0 Å². The Bertz CT molecular complexity index is 523. The van der Waals surface area contributed by atoms with Gasteiger partial charge < -0.3 is 24.8 Å². The van der Waals surface area contributed by atoms with E-state index >= 15 is 0 Å². The third-order valence-corrected chi connectivity index (χ3v) is 2.67. The van der Waals surface area contributed by atoms with Crippen LogP contribution in [0.15, 0.2) is 18.2 Å². The van der Waals surface area contributed by atoms with Gasteiger partial charge in [-0.3, -0.25) is 0 Å². The summed E-state index contributed by atoms with van der Waals surface area (Å²) in [6, 6.07) is 3.62. The molecule has 2 N–H and O–H groups in total. The SMILES string of the molecule is COc1ccc(NC(=O)N[C@H](C)COCC(F)(F)F)c(OC)c1. The van der Waals surface area contributed by atoms with E-state index in [9.17, 15) is 18.0 Å². The summed E-state index contributed by atoms with van der Waals surface area (Å²) in [4.78, 5) is 11.8. The Morgan fingerprint density at radius 1 is 1.26 bits per heavy atom.